The van der Waals surface area contributed by atoms with Crippen molar-refractivity contribution in [1.29, 1.82) is 0 Å². The first-order chi connectivity index (χ1) is 9.29. The number of carbonyl (C=O) groups is 1. The van der Waals surface area contributed by atoms with Crippen molar-refractivity contribution >= 4 is 23.0 Å². The molecule has 0 spiro atoms. The summed E-state index contributed by atoms with van der Waals surface area (Å²) < 4.78 is 5.24. The van der Waals surface area contributed by atoms with Gasteiger partial charge in [-0.25, -0.2) is 4.79 Å². The van der Waals surface area contributed by atoms with E-state index in [9.17, 15) is 4.79 Å². The molecule has 2 fully saturated rings. The molecular formula is C13H23N3O2S. The van der Waals surface area contributed by atoms with E-state index in [0.717, 1.165) is 36.9 Å². The van der Waals surface area contributed by atoms with Crippen molar-refractivity contribution in [3.8, 4) is 0 Å². The smallest absolute Gasteiger partial charge is 0.407 e. The molecule has 2 rings (SSSR count). The topological polar surface area (TPSA) is 53.9 Å². The number of hydrogen-bond acceptors (Lipinski definition) is 4. The zero-order valence-corrected chi connectivity index (χ0v) is 12.4. The van der Waals surface area contributed by atoms with E-state index in [4.69, 9.17) is 4.74 Å². The summed E-state index contributed by atoms with van der Waals surface area (Å²) in [6.07, 6.45) is 5.63. The molecule has 0 unspecified atom stereocenters. The standard InChI is InChI=1S/C13H23N3O2S/c1-14-12-16(8-10-19-12)7-9-18-13(17)15-11-5-3-2-4-6-11/h11H,2-10H2,1H3,(H,15,17). The average Bonchev–Trinajstić information content (AvgIpc) is 2.87. The normalized spacial score (nSPS) is 22.8. The molecule has 1 N–H and O–H groups in total. The number of nitrogens with one attached hydrogen (secondary N) is 1. The van der Waals surface area contributed by atoms with Gasteiger partial charge in [0.1, 0.15) is 6.61 Å². The number of carbonyl (C=O) groups excluding carboxylic acids is 1. The van der Waals surface area contributed by atoms with Crippen molar-refractivity contribution in [3.63, 3.8) is 0 Å². The number of alkyl carbamates (subject to hydrolysis) is 1. The summed E-state index contributed by atoms with van der Waals surface area (Å²) in [5.74, 6) is 1.07. The molecule has 0 aromatic carbocycles. The van der Waals surface area contributed by atoms with Crippen LogP contribution in [0, 0.1) is 0 Å². The van der Waals surface area contributed by atoms with Gasteiger partial charge in [0.25, 0.3) is 0 Å². The third-order valence-electron chi connectivity index (χ3n) is 3.58. The van der Waals surface area contributed by atoms with Gasteiger partial charge in [0.05, 0.1) is 6.54 Å². The summed E-state index contributed by atoms with van der Waals surface area (Å²) >= 11 is 1.76. The van der Waals surface area contributed by atoms with Crippen molar-refractivity contribution in [3.05, 3.63) is 0 Å². The van der Waals surface area contributed by atoms with Crippen molar-refractivity contribution < 1.29 is 9.53 Å². The van der Waals surface area contributed by atoms with Crippen molar-refractivity contribution in [1.82, 2.24) is 10.2 Å². The fourth-order valence-electron chi connectivity index (χ4n) is 2.55. The fourth-order valence-corrected chi connectivity index (χ4v) is 3.54. The lowest BCUT2D eigenvalue weighted by Gasteiger charge is -2.23. The molecule has 0 atom stereocenters. The van der Waals surface area contributed by atoms with Crippen LogP contribution in [0.4, 0.5) is 4.79 Å². The van der Waals surface area contributed by atoms with E-state index in [1.165, 1.54) is 19.3 Å². The Labute approximate surface area is 119 Å². The van der Waals surface area contributed by atoms with Gasteiger partial charge in [0, 0.05) is 25.4 Å². The van der Waals surface area contributed by atoms with Gasteiger partial charge in [-0.3, -0.25) is 4.99 Å². The van der Waals surface area contributed by atoms with Gasteiger partial charge < -0.3 is 15.0 Å². The van der Waals surface area contributed by atoms with Crippen LogP contribution in [-0.2, 0) is 4.74 Å². The minimum atomic E-state index is -0.270. The van der Waals surface area contributed by atoms with Crippen LogP contribution in [-0.4, -0.2) is 54.7 Å². The van der Waals surface area contributed by atoms with Gasteiger partial charge >= 0.3 is 6.09 Å². The average molecular weight is 285 g/mol. The highest BCUT2D eigenvalue weighted by atomic mass is 32.2. The van der Waals surface area contributed by atoms with Gasteiger partial charge in [-0.2, -0.15) is 0 Å². The van der Waals surface area contributed by atoms with Crippen LogP contribution in [0.5, 0.6) is 0 Å². The Morgan fingerprint density at radius 3 is 3.00 bits per heavy atom. The minimum Gasteiger partial charge on any atom is -0.448 e. The summed E-state index contributed by atoms with van der Waals surface area (Å²) in [6.45, 7) is 2.15. The van der Waals surface area contributed by atoms with Crippen molar-refractivity contribution in [2.45, 2.75) is 38.1 Å². The summed E-state index contributed by atoms with van der Waals surface area (Å²) in [7, 11) is 1.80. The van der Waals surface area contributed by atoms with Crippen molar-refractivity contribution in [2.24, 2.45) is 4.99 Å². The first kappa shape index (κ1) is 14.5. The van der Waals surface area contributed by atoms with Crippen LogP contribution in [0.25, 0.3) is 0 Å². The van der Waals surface area contributed by atoms with E-state index in [1.54, 1.807) is 18.8 Å². The Morgan fingerprint density at radius 2 is 2.26 bits per heavy atom. The van der Waals surface area contributed by atoms with Gasteiger partial charge in [-0.1, -0.05) is 31.0 Å². The predicted molar refractivity (Wildman–Crippen MR) is 78.7 cm³/mol. The van der Waals surface area contributed by atoms with Crippen LogP contribution in [0.15, 0.2) is 4.99 Å². The number of rotatable bonds is 4. The maximum Gasteiger partial charge on any atom is 0.407 e. The lowest BCUT2D eigenvalue weighted by molar-refractivity contribution is 0.133. The second kappa shape index (κ2) is 7.62. The van der Waals surface area contributed by atoms with Gasteiger partial charge in [-0.15, -0.1) is 0 Å². The zero-order chi connectivity index (χ0) is 13.5. The Kier molecular flexibility index (Phi) is 5.82. The number of hydrogen-bond donors (Lipinski definition) is 1. The minimum absolute atomic E-state index is 0.270. The molecule has 19 heavy (non-hydrogen) atoms. The van der Waals surface area contributed by atoms with Crippen LogP contribution in [0.1, 0.15) is 32.1 Å². The number of nitrogens with zero attached hydrogens (tertiary/aromatic N) is 2. The third-order valence-corrected chi connectivity index (χ3v) is 4.66. The van der Waals surface area contributed by atoms with Gasteiger partial charge in [-0.05, 0) is 12.8 Å². The molecule has 0 bridgehead atoms. The molecule has 0 aromatic rings. The Hall–Kier alpha value is -0.910. The van der Waals surface area contributed by atoms with Crippen molar-refractivity contribution in [2.75, 3.05) is 32.5 Å². The van der Waals surface area contributed by atoms with E-state index in [-0.39, 0.29) is 6.09 Å². The maximum absolute atomic E-state index is 11.6. The number of thioether (sulfide) groups is 1. The summed E-state index contributed by atoms with van der Waals surface area (Å²) in [5, 5.41) is 4.01. The van der Waals surface area contributed by atoms with E-state index in [1.807, 2.05) is 0 Å². The highest BCUT2D eigenvalue weighted by Gasteiger charge is 2.19. The molecule has 2 aliphatic rings. The maximum atomic E-state index is 11.6. The lowest BCUT2D eigenvalue weighted by atomic mass is 9.96. The van der Waals surface area contributed by atoms with Crippen LogP contribution < -0.4 is 5.32 Å². The van der Waals surface area contributed by atoms with Crippen LogP contribution >= 0.6 is 11.8 Å². The number of ether oxygens (including phenoxy) is 1. The molecule has 5 nitrogen and oxygen atoms in total. The Bertz CT molecular complexity index is 330. The second-order valence-electron chi connectivity index (χ2n) is 4.96. The molecule has 1 saturated carbocycles. The number of aliphatic imine (C=N–C) groups is 1. The summed E-state index contributed by atoms with van der Waals surface area (Å²) in [4.78, 5) is 18.0. The fraction of sp³-hybridized carbons (Fsp3) is 0.846. The largest absolute Gasteiger partial charge is 0.448 e. The highest BCUT2D eigenvalue weighted by Crippen LogP contribution is 2.18. The SMILES string of the molecule is CN=C1SCCN1CCOC(=O)NC1CCCCC1. The van der Waals surface area contributed by atoms with Gasteiger partial charge in [0.2, 0.25) is 0 Å². The summed E-state index contributed by atoms with van der Waals surface area (Å²) in [5.41, 5.74) is 0. The molecule has 6 heteroatoms. The first-order valence-corrected chi connectivity index (χ1v) is 8.06. The van der Waals surface area contributed by atoms with Gasteiger partial charge in [0.15, 0.2) is 5.17 Å². The zero-order valence-electron chi connectivity index (χ0n) is 11.6. The Morgan fingerprint density at radius 1 is 1.47 bits per heavy atom. The van der Waals surface area contributed by atoms with E-state index >= 15 is 0 Å². The Balaban J connectivity index is 1.61. The summed E-state index contributed by atoms with van der Waals surface area (Å²) in [6, 6.07) is 0.316. The molecular weight excluding hydrogens is 262 g/mol. The van der Waals surface area contributed by atoms with E-state index < -0.39 is 0 Å². The molecule has 108 valence electrons. The van der Waals surface area contributed by atoms with E-state index in [0.29, 0.717) is 12.6 Å². The second-order valence-corrected chi connectivity index (χ2v) is 6.02. The van der Waals surface area contributed by atoms with Crippen LogP contribution in [0.2, 0.25) is 0 Å². The lowest BCUT2D eigenvalue weighted by Crippen LogP contribution is -2.38. The molecule has 1 heterocycles. The number of amidine groups is 1. The molecule has 1 amide bonds. The quantitative estimate of drug-likeness (QED) is 0.859. The number of amides is 1. The molecule has 1 aliphatic heterocycles. The monoisotopic (exact) mass is 285 g/mol. The molecule has 0 aromatic heterocycles. The molecule has 0 radical (unpaired) electrons. The highest BCUT2D eigenvalue weighted by molar-refractivity contribution is 8.14. The molecule has 1 saturated heterocycles. The third kappa shape index (κ3) is 4.60. The van der Waals surface area contributed by atoms with E-state index in [2.05, 4.69) is 15.2 Å². The molecule has 1 aliphatic carbocycles. The first-order valence-electron chi connectivity index (χ1n) is 7.07. The predicted octanol–water partition coefficient (Wildman–Crippen LogP) is 2.08. The van der Waals surface area contributed by atoms with Crippen LogP contribution in [0.3, 0.4) is 0 Å².